The van der Waals surface area contributed by atoms with E-state index in [1.807, 2.05) is 12.1 Å². The van der Waals surface area contributed by atoms with Crippen molar-refractivity contribution in [2.75, 3.05) is 45.1 Å². The van der Waals surface area contributed by atoms with E-state index in [4.69, 9.17) is 4.74 Å². The lowest BCUT2D eigenvalue weighted by Crippen LogP contribution is -2.08. The maximum absolute atomic E-state index is 5.68. The standard InChI is InChI=1S/C23H26N2O/c1-24(2)19-13-9-17(10-14-19)21-7-6-8-22(26-5)23(21)18-11-15-20(16-12-18)25(3)4/h6-16H,1-5H3. The number of ether oxygens (including phenoxy) is 1. The van der Waals surface area contributed by atoms with Gasteiger partial charge in [0.15, 0.2) is 0 Å². The molecule has 0 radical (unpaired) electrons. The highest BCUT2D eigenvalue weighted by Crippen LogP contribution is 2.40. The Morgan fingerprint density at radius 2 is 1.12 bits per heavy atom. The molecule has 0 bridgehead atoms. The molecule has 0 aliphatic carbocycles. The van der Waals surface area contributed by atoms with Gasteiger partial charge in [-0.15, -0.1) is 0 Å². The van der Waals surface area contributed by atoms with E-state index in [0.717, 1.165) is 16.9 Å². The van der Waals surface area contributed by atoms with Crippen LogP contribution in [0.15, 0.2) is 66.7 Å². The van der Waals surface area contributed by atoms with Gasteiger partial charge in [0, 0.05) is 45.1 Å². The largest absolute Gasteiger partial charge is 0.496 e. The Morgan fingerprint density at radius 1 is 0.615 bits per heavy atom. The summed E-state index contributed by atoms with van der Waals surface area (Å²) in [5, 5.41) is 0. The van der Waals surface area contributed by atoms with Gasteiger partial charge in [0.2, 0.25) is 0 Å². The highest BCUT2D eigenvalue weighted by molar-refractivity contribution is 5.88. The molecule has 0 unspecified atom stereocenters. The third-order valence-corrected chi connectivity index (χ3v) is 4.61. The molecule has 0 heterocycles. The summed E-state index contributed by atoms with van der Waals surface area (Å²) in [5.74, 6) is 0.886. The van der Waals surface area contributed by atoms with Gasteiger partial charge in [-0.3, -0.25) is 0 Å². The van der Waals surface area contributed by atoms with Crippen molar-refractivity contribution in [3.63, 3.8) is 0 Å². The molecule has 26 heavy (non-hydrogen) atoms. The Kier molecular flexibility index (Phi) is 5.17. The van der Waals surface area contributed by atoms with Crippen molar-refractivity contribution in [2.45, 2.75) is 0 Å². The van der Waals surface area contributed by atoms with E-state index in [0.29, 0.717) is 0 Å². The van der Waals surface area contributed by atoms with Crippen LogP contribution in [-0.4, -0.2) is 35.3 Å². The molecule has 0 fully saturated rings. The molecule has 0 aromatic heterocycles. The van der Waals surface area contributed by atoms with E-state index in [-0.39, 0.29) is 0 Å². The summed E-state index contributed by atoms with van der Waals surface area (Å²) in [6, 6.07) is 23.4. The number of hydrogen-bond donors (Lipinski definition) is 0. The first kappa shape index (κ1) is 17.9. The second-order valence-corrected chi connectivity index (χ2v) is 6.77. The van der Waals surface area contributed by atoms with E-state index >= 15 is 0 Å². The van der Waals surface area contributed by atoms with Crippen LogP contribution < -0.4 is 14.5 Å². The zero-order chi connectivity index (χ0) is 18.7. The molecule has 3 nitrogen and oxygen atoms in total. The van der Waals surface area contributed by atoms with Crippen LogP contribution in [0.1, 0.15) is 0 Å². The molecule has 0 aliphatic rings. The minimum Gasteiger partial charge on any atom is -0.496 e. The Hall–Kier alpha value is -2.94. The second kappa shape index (κ2) is 7.52. The quantitative estimate of drug-likeness (QED) is 0.634. The van der Waals surface area contributed by atoms with Gasteiger partial charge in [0.25, 0.3) is 0 Å². The molecule has 0 N–H and O–H groups in total. The van der Waals surface area contributed by atoms with Gasteiger partial charge in [0.1, 0.15) is 5.75 Å². The second-order valence-electron chi connectivity index (χ2n) is 6.77. The van der Waals surface area contributed by atoms with Gasteiger partial charge in [0.05, 0.1) is 7.11 Å². The van der Waals surface area contributed by atoms with Gasteiger partial charge in [-0.05, 0) is 47.0 Å². The van der Waals surface area contributed by atoms with Crippen LogP contribution in [0.5, 0.6) is 5.75 Å². The maximum Gasteiger partial charge on any atom is 0.127 e. The molecule has 0 spiro atoms. The summed E-state index contributed by atoms with van der Waals surface area (Å²) in [5.41, 5.74) is 7.00. The third-order valence-electron chi connectivity index (χ3n) is 4.61. The van der Waals surface area contributed by atoms with E-state index < -0.39 is 0 Å². The number of hydrogen-bond acceptors (Lipinski definition) is 3. The van der Waals surface area contributed by atoms with Crippen LogP contribution in [0.2, 0.25) is 0 Å². The first-order valence-electron chi connectivity index (χ1n) is 8.74. The van der Waals surface area contributed by atoms with Gasteiger partial charge >= 0.3 is 0 Å². The van der Waals surface area contributed by atoms with E-state index in [2.05, 4.69) is 92.6 Å². The predicted molar refractivity (Wildman–Crippen MR) is 113 cm³/mol. The highest BCUT2D eigenvalue weighted by Gasteiger charge is 2.13. The number of rotatable bonds is 5. The van der Waals surface area contributed by atoms with Crippen LogP contribution in [0, 0.1) is 0 Å². The molecule has 0 aliphatic heterocycles. The average molecular weight is 346 g/mol. The monoisotopic (exact) mass is 346 g/mol. The third kappa shape index (κ3) is 3.52. The smallest absolute Gasteiger partial charge is 0.127 e. The summed E-state index contributed by atoms with van der Waals surface area (Å²) in [6.45, 7) is 0. The fraction of sp³-hybridized carbons (Fsp3) is 0.217. The molecule has 3 aromatic carbocycles. The zero-order valence-electron chi connectivity index (χ0n) is 16.2. The van der Waals surface area contributed by atoms with E-state index in [1.54, 1.807) is 7.11 Å². The average Bonchev–Trinajstić information content (AvgIpc) is 2.67. The van der Waals surface area contributed by atoms with Crippen molar-refractivity contribution in [1.82, 2.24) is 0 Å². The highest BCUT2D eigenvalue weighted by atomic mass is 16.5. The van der Waals surface area contributed by atoms with Crippen LogP contribution in [0.3, 0.4) is 0 Å². The lowest BCUT2D eigenvalue weighted by molar-refractivity contribution is 0.416. The van der Waals surface area contributed by atoms with Crippen molar-refractivity contribution >= 4 is 11.4 Å². The van der Waals surface area contributed by atoms with Crippen LogP contribution in [0.4, 0.5) is 11.4 Å². The van der Waals surface area contributed by atoms with Gasteiger partial charge in [-0.25, -0.2) is 0 Å². The molecular formula is C23H26N2O. The number of nitrogens with zero attached hydrogens (tertiary/aromatic N) is 2. The van der Waals surface area contributed by atoms with Crippen molar-refractivity contribution in [2.24, 2.45) is 0 Å². The van der Waals surface area contributed by atoms with Crippen molar-refractivity contribution in [3.8, 4) is 28.0 Å². The topological polar surface area (TPSA) is 15.7 Å². The summed E-state index contributed by atoms with van der Waals surface area (Å²) in [6.07, 6.45) is 0. The summed E-state index contributed by atoms with van der Waals surface area (Å²) < 4.78 is 5.68. The molecule has 3 aromatic rings. The van der Waals surface area contributed by atoms with Crippen molar-refractivity contribution < 1.29 is 4.74 Å². The summed E-state index contributed by atoms with van der Waals surface area (Å²) in [7, 11) is 9.94. The minimum atomic E-state index is 0.886. The van der Waals surface area contributed by atoms with E-state index in [9.17, 15) is 0 Å². The van der Waals surface area contributed by atoms with Gasteiger partial charge < -0.3 is 14.5 Å². The predicted octanol–water partition coefficient (Wildman–Crippen LogP) is 5.16. The lowest BCUT2D eigenvalue weighted by Gasteiger charge is -2.18. The molecule has 0 atom stereocenters. The molecule has 3 rings (SSSR count). The van der Waals surface area contributed by atoms with Gasteiger partial charge in [-0.2, -0.15) is 0 Å². The summed E-state index contributed by atoms with van der Waals surface area (Å²) in [4.78, 5) is 4.21. The van der Waals surface area contributed by atoms with Crippen molar-refractivity contribution in [3.05, 3.63) is 66.7 Å². The molecule has 0 saturated heterocycles. The fourth-order valence-electron chi connectivity index (χ4n) is 3.10. The summed E-state index contributed by atoms with van der Waals surface area (Å²) >= 11 is 0. The first-order valence-corrected chi connectivity index (χ1v) is 8.74. The molecule has 134 valence electrons. The molecule has 0 amide bonds. The van der Waals surface area contributed by atoms with Crippen molar-refractivity contribution in [1.29, 1.82) is 0 Å². The normalized spacial score (nSPS) is 10.5. The van der Waals surface area contributed by atoms with Crippen LogP contribution in [0.25, 0.3) is 22.3 Å². The molecular weight excluding hydrogens is 320 g/mol. The lowest BCUT2D eigenvalue weighted by atomic mass is 9.93. The minimum absolute atomic E-state index is 0.886. The number of methoxy groups -OCH3 is 1. The van der Waals surface area contributed by atoms with Crippen LogP contribution in [-0.2, 0) is 0 Å². The Bertz CT molecular complexity index is 866. The Morgan fingerprint density at radius 3 is 1.58 bits per heavy atom. The molecule has 3 heteroatoms. The Balaban J connectivity index is 2.12. The molecule has 0 saturated carbocycles. The zero-order valence-corrected chi connectivity index (χ0v) is 16.2. The van der Waals surface area contributed by atoms with E-state index in [1.165, 1.54) is 22.5 Å². The SMILES string of the molecule is COc1cccc(-c2ccc(N(C)C)cc2)c1-c1ccc(N(C)C)cc1. The van der Waals surface area contributed by atoms with Gasteiger partial charge in [-0.1, -0.05) is 36.4 Å². The first-order chi connectivity index (χ1) is 12.5. The number of anilines is 2. The maximum atomic E-state index is 5.68. The Labute approximate surface area is 156 Å². The van der Waals surface area contributed by atoms with Crippen LogP contribution >= 0.6 is 0 Å². The number of benzene rings is 3. The fourth-order valence-corrected chi connectivity index (χ4v) is 3.10.